The minimum atomic E-state index is -3.85. The Morgan fingerprint density at radius 1 is 1.37 bits per heavy atom. The number of nitrogens with one attached hydrogen (secondary N) is 1. The molecule has 1 aromatic carbocycles. The monoisotopic (exact) mass is 290 g/mol. The molecule has 1 aromatic rings. The van der Waals surface area contributed by atoms with E-state index in [9.17, 15) is 18.5 Å². The third kappa shape index (κ3) is 4.24. The maximum atomic E-state index is 11.9. The van der Waals surface area contributed by atoms with Gasteiger partial charge >= 0.3 is 0 Å². The van der Waals surface area contributed by atoms with Crippen molar-refractivity contribution in [1.29, 1.82) is 0 Å². The summed E-state index contributed by atoms with van der Waals surface area (Å²) in [6.45, 7) is -0.0992. The fourth-order valence-corrected chi connectivity index (χ4v) is 2.34. The Bertz CT molecular complexity index is 541. The Morgan fingerprint density at radius 2 is 2.00 bits per heavy atom. The molecule has 9 heteroatoms. The molecule has 1 rings (SSSR count). The molecule has 0 spiro atoms. The molecule has 0 aliphatic carbocycles. The summed E-state index contributed by atoms with van der Waals surface area (Å²) >= 11 is 0. The lowest BCUT2D eigenvalue weighted by Gasteiger charge is -2.14. The van der Waals surface area contributed by atoms with Gasteiger partial charge in [-0.25, -0.2) is 13.1 Å². The van der Waals surface area contributed by atoms with E-state index in [1.54, 1.807) is 0 Å². The van der Waals surface area contributed by atoms with E-state index in [1.165, 1.54) is 32.4 Å². The molecule has 0 saturated carbocycles. The van der Waals surface area contributed by atoms with Crippen molar-refractivity contribution in [2.24, 2.45) is 0 Å². The number of hydrogen-bond acceptors (Lipinski definition) is 6. The van der Waals surface area contributed by atoms with Crippen LogP contribution in [0.1, 0.15) is 0 Å². The zero-order valence-electron chi connectivity index (χ0n) is 10.4. The summed E-state index contributed by atoms with van der Waals surface area (Å²) in [5.41, 5.74) is -0.294. The first kappa shape index (κ1) is 15.5. The van der Waals surface area contributed by atoms with Crippen molar-refractivity contribution >= 4 is 15.7 Å². The number of methoxy groups -OCH3 is 2. The van der Waals surface area contributed by atoms with Crippen LogP contribution in [0.3, 0.4) is 0 Å². The van der Waals surface area contributed by atoms with E-state index in [0.29, 0.717) is 0 Å². The third-order valence-corrected chi connectivity index (χ3v) is 3.73. The van der Waals surface area contributed by atoms with E-state index in [-0.39, 0.29) is 17.1 Å². The first-order chi connectivity index (χ1) is 8.90. The van der Waals surface area contributed by atoms with Gasteiger partial charge in [0, 0.05) is 26.4 Å². The van der Waals surface area contributed by atoms with Gasteiger partial charge in [0.05, 0.1) is 16.4 Å². The quantitative estimate of drug-likeness (QED) is 0.445. The smallest absolute Gasteiger partial charge is 0.270 e. The molecule has 0 heterocycles. The molecule has 8 nitrogen and oxygen atoms in total. The molecule has 0 aliphatic rings. The van der Waals surface area contributed by atoms with Crippen molar-refractivity contribution in [3.8, 4) is 0 Å². The molecule has 0 aromatic heterocycles. The predicted octanol–water partition coefficient (Wildman–Crippen LogP) is 0.492. The van der Waals surface area contributed by atoms with Crippen LogP contribution < -0.4 is 4.72 Å². The van der Waals surface area contributed by atoms with Gasteiger partial charge < -0.3 is 9.47 Å². The standard InChI is InChI=1S/C10H14N2O6S/c1-17-10(18-2)7-11-19(15,16)9-5-3-4-8(6-9)12(13)14/h3-6,10-11H,7H2,1-2H3. The second-order valence-electron chi connectivity index (χ2n) is 3.51. The molecule has 0 amide bonds. The second-order valence-corrected chi connectivity index (χ2v) is 5.27. The Balaban J connectivity index is 2.88. The summed E-state index contributed by atoms with van der Waals surface area (Å²) in [6, 6.07) is 4.77. The van der Waals surface area contributed by atoms with Gasteiger partial charge in [-0.1, -0.05) is 6.07 Å². The fourth-order valence-electron chi connectivity index (χ4n) is 1.29. The van der Waals surface area contributed by atoms with Crippen molar-refractivity contribution in [2.75, 3.05) is 20.8 Å². The summed E-state index contributed by atoms with van der Waals surface area (Å²) in [7, 11) is -1.10. The lowest BCUT2D eigenvalue weighted by atomic mass is 10.3. The molecule has 0 bridgehead atoms. The van der Waals surface area contributed by atoms with Gasteiger partial charge in [0.25, 0.3) is 5.69 Å². The number of hydrogen-bond donors (Lipinski definition) is 1. The van der Waals surface area contributed by atoms with Crippen LogP contribution in [0.2, 0.25) is 0 Å². The van der Waals surface area contributed by atoms with Crippen LogP contribution >= 0.6 is 0 Å². The van der Waals surface area contributed by atoms with E-state index in [2.05, 4.69) is 4.72 Å². The lowest BCUT2D eigenvalue weighted by Crippen LogP contribution is -2.34. The van der Waals surface area contributed by atoms with Gasteiger partial charge in [-0.2, -0.15) is 0 Å². The number of rotatable bonds is 7. The fraction of sp³-hybridized carbons (Fsp3) is 0.400. The number of nitro groups is 1. The van der Waals surface area contributed by atoms with E-state index < -0.39 is 21.2 Å². The Morgan fingerprint density at radius 3 is 2.53 bits per heavy atom. The molecule has 0 radical (unpaired) electrons. The molecule has 0 aliphatic heterocycles. The molecular formula is C10H14N2O6S. The van der Waals surface area contributed by atoms with Crippen LogP contribution in [0, 0.1) is 10.1 Å². The van der Waals surface area contributed by atoms with E-state index in [4.69, 9.17) is 9.47 Å². The molecule has 1 N–H and O–H groups in total. The minimum Gasteiger partial charge on any atom is -0.355 e. The second kappa shape index (κ2) is 6.57. The normalized spacial score (nSPS) is 11.7. The van der Waals surface area contributed by atoms with Gasteiger partial charge in [0.2, 0.25) is 10.0 Å². The van der Waals surface area contributed by atoms with E-state index in [0.717, 1.165) is 6.07 Å². The SMILES string of the molecule is COC(CNS(=O)(=O)c1cccc([N+](=O)[O-])c1)OC. The van der Waals surface area contributed by atoms with Gasteiger partial charge in [0.1, 0.15) is 0 Å². The average Bonchev–Trinajstić information content (AvgIpc) is 2.40. The highest BCUT2D eigenvalue weighted by atomic mass is 32.2. The predicted molar refractivity (Wildman–Crippen MR) is 66.1 cm³/mol. The molecule has 19 heavy (non-hydrogen) atoms. The van der Waals surface area contributed by atoms with Crippen LogP contribution in [0.4, 0.5) is 5.69 Å². The highest BCUT2D eigenvalue weighted by Crippen LogP contribution is 2.17. The van der Waals surface area contributed by atoms with Crippen LogP contribution in [0.5, 0.6) is 0 Å². The first-order valence-electron chi connectivity index (χ1n) is 5.20. The molecule has 0 saturated heterocycles. The number of nitrogens with zero attached hydrogens (tertiary/aromatic N) is 1. The molecule has 0 unspecified atom stereocenters. The Hall–Kier alpha value is -1.55. The summed E-state index contributed by atoms with van der Waals surface area (Å²) in [4.78, 5) is 9.74. The van der Waals surface area contributed by atoms with Crippen LogP contribution in [0.15, 0.2) is 29.2 Å². The number of sulfonamides is 1. The largest absolute Gasteiger partial charge is 0.355 e. The average molecular weight is 290 g/mol. The Labute approximate surface area is 110 Å². The van der Waals surface area contributed by atoms with Crippen molar-refractivity contribution < 1.29 is 22.8 Å². The van der Waals surface area contributed by atoms with Crippen molar-refractivity contribution in [1.82, 2.24) is 4.72 Å². The molecular weight excluding hydrogens is 276 g/mol. The lowest BCUT2D eigenvalue weighted by molar-refractivity contribution is -0.385. The van der Waals surface area contributed by atoms with Gasteiger partial charge in [-0.15, -0.1) is 0 Å². The summed E-state index contributed by atoms with van der Waals surface area (Å²) in [6.07, 6.45) is -0.728. The zero-order valence-corrected chi connectivity index (χ0v) is 11.2. The van der Waals surface area contributed by atoms with Gasteiger partial charge in [0.15, 0.2) is 6.29 Å². The highest BCUT2D eigenvalue weighted by Gasteiger charge is 2.19. The summed E-state index contributed by atoms with van der Waals surface area (Å²) < 4.78 is 35.7. The number of non-ortho nitro benzene ring substituents is 1. The molecule has 0 atom stereocenters. The van der Waals surface area contributed by atoms with Crippen LogP contribution in [-0.4, -0.2) is 40.4 Å². The number of ether oxygens (including phenoxy) is 2. The first-order valence-corrected chi connectivity index (χ1v) is 6.68. The zero-order chi connectivity index (χ0) is 14.5. The van der Waals surface area contributed by atoms with Gasteiger partial charge in [-0.05, 0) is 6.07 Å². The minimum absolute atomic E-state index is 0.0992. The van der Waals surface area contributed by atoms with Crippen LogP contribution in [0.25, 0.3) is 0 Å². The van der Waals surface area contributed by atoms with E-state index in [1.807, 2.05) is 0 Å². The summed E-state index contributed by atoms with van der Waals surface area (Å²) in [5.74, 6) is 0. The maximum absolute atomic E-state index is 11.9. The van der Waals surface area contributed by atoms with Crippen molar-refractivity contribution in [3.63, 3.8) is 0 Å². The number of nitro benzene ring substituents is 1. The van der Waals surface area contributed by atoms with Gasteiger partial charge in [-0.3, -0.25) is 10.1 Å². The summed E-state index contributed by atoms with van der Waals surface area (Å²) in [5, 5.41) is 10.6. The third-order valence-electron chi connectivity index (χ3n) is 2.30. The maximum Gasteiger partial charge on any atom is 0.270 e. The highest BCUT2D eigenvalue weighted by molar-refractivity contribution is 7.89. The van der Waals surface area contributed by atoms with Crippen LogP contribution in [-0.2, 0) is 19.5 Å². The Kier molecular flexibility index (Phi) is 5.36. The molecule has 0 fully saturated rings. The molecule has 106 valence electrons. The number of benzene rings is 1. The van der Waals surface area contributed by atoms with Crippen molar-refractivity contribution in [3.05, 3.63) is 34.4 Å². The van der Waals surface area contributed by atoms with Crippen molar-refractivity contribution in [2.45, 2.75) is 11.2 Å². The van der Waals surface area contributed by atoms with E-state index >= 15 is 0 Å². The topological polar surface area (TPSA) is 108 Å².